The molecule has 30 heavy (non-hydrogen) atoms. The molecule has 0 spiro atoms. The average molecular weight is 490 g/mol. The molecule has 0 aliphatic rings. The van der Waals surface area contributed by atoms with E-state index in [-0.39, 0.29) is 11.7 Å². The standard InChI is InChI=1S/C21H20BrN3O4S/c1-23-30(27,28)14-16-4-2-15(3-5-16)12-25-21(26)17-6-11-20(24-13-17)29-19-9-7-18(22)8-10-19/h2-11,13,23H,12,14H2,1H3,(H,25,26). The third-order valence-electron chi connectivity index (χ3n) is 4.18. The number of carbonyl (C=O) groups is 1. The maximum absolute atomic E-state index is 12.3. The lowest BCUT2D eigenvalue weighted by Crippen LogP contribution is -2.23. The normalized spacial score (nSPS) is 11.1. The van der Waals surface area contributed by atoms with Gasteiger partial charge in [-0.1, -0.05) is 40.2 Å². The van der Waals surface area contributed by atoms with Gasteiger partial charge in [-0.05, 0) is 48.5 Å². The highest BCUT2D eigenvalue weighted by atomic mass is 79.9. The largest absolute Gasteiger partial charge is 0.439 e. The number of hydrogen-bond acceptors (Lipinski definition) is 5. The van der Waals surface area contributed by atoms with Gasteiger partial charge in [-0.15, -0.1) is 0 Å². The lowest BCUT2D eigenvalue weighted by atomic mass is 10.1. The van der Waals surface area contributed by atoms with Crippen molar-refractivity contribution in [2.24, 2.45) is 0 Å². The van der Waals surface area contributed by atoms with Crippen molar-refractivity contribution in [1.29, 1.82) is 0 Å². The number of pyridine rings is 1. The highest BCUT2D eigenvalue weighted by molar-refractivity contribution is 9.10. The van der Waals surface area contributed by atoms with Gasteiger partial charge in [0.25, 0.3) is 5.91 Å². The Labute approximate surface area is 183 Å². The second kappa shape index (κ2) is 9.84. The molecule has 1 aromatic heterocycles. The first-order valence-corrected chi connectivity index (χ1v) is 11.5. The molecule has 7 nitrogen and oxygen atoms in total. The van der Waals surface area contributed by atoms with Gasteiger partial charge in [0.2, 0.25) is 15.9 Å². The second-order valence-corrected chi connectivity index (χ2v) is 9.25. The van der Waals surface area contributed by atoms with Gasteiger partial charge in [-0.25, -0.2) is 18.1 Å². The summed E-state index contributed by atoms with van der Waals surface area (Å²) in [7, 11) is -1.93. The van der Waals surface area contributed by atoms with E-state index in [1.54, 1.807) is 36.4 Å². The Hall–Kier alpha value is -2.75. The number of sulfonamides is 1. The number of nitrogens with zero attached hydrogens (tertiary/aromatic N) is 1. The van der Waals surface area contributed by atoms with Crippen molar-refractivity contribution < 1.29 is 17.9 Å². The lowest BCUT2D eigenvalue weighted by molar-refractivity contribution is 0.0950. The highest BCUT2D eigenvalue weighted by Crippen LogP contribution is 2.21. The Balaban J connectivity index is 1.54. The van der Waals surface area contributed by atoms with Gasteiger partial charge < -0.3 is 10.1 Å². The smallest absolute Gasteiger partial charge is 0.253 e. The zero-order valence-corrected chi connectivity index (χ0v) is 18.5. The molecule has 2 aromatic carbocycles. The van der Waals surface area contributed by atoms with Crippen LogP contribution in [0.1, 0.15) is 21.5 Å². The molecule has 0 aliphatic carbocycles. The van der Waals surface area contributed by atoms with Gasteiger partial charge in [0.15, 0.2) is 0 Å². The molecule has 0 saturated carbocycles. The molecule has 0 saturated heterocycles. The topological polar surface area (TPSA) is 97.4 Å². The summed E-state index contributed by atoms with van der Waals surface area (Å²) in [5.41, 5.74) is 1.94. The highest BCUT2D eigenvalue weighted by Gasteiger charge is 2.09. The first-order chi connectivity index (χ1) is 14.3. The molecule has 1 amide bonds. The fraction of sp³-hybridized carbons (Fsp3) is 0.143. The van der Waals surface area contributed by atoms with Crippen LogP contribution in [0, 0.1) is 0 Å². The second-order valence-electron chi connectivity index (χ2n) is 6.40. The molecule has 3 aromatic rings. The minimum atomic E-state index is -3.31. The first-order valence-electron chi connectivity index (χ1n) is 9.01. The van der Waals surface area contributed by atoms with E-state index in [0.29, 0.717) is 29.3 Å². The summed E-state index contributed by atoms with van der Waals surface area (Å²) >= 11 is 3.36. The Morgan fingerprint density at radius 2 is 1.67 bits per heavy atom. The average Bonchev–Trinajstić information content (AvgIpc) is 2.75. The number of benzene rings is 2. The fourth-order valence-electron chi connectivity index (χ4n) is 2.53. The first kappa shape index (κ1) is 21.9. The SMILES string of the molecule is CNS(=O)(=O)Cc1ccc(CNC(=O)c2ccc(Oc3ccc(Br)cc3)nc2)cc1. The summed E-state index contributed by atoms with van der Waals surface area (Å²) in [5.74, 6) is 0.686. The van der Waals surface area contributed by atoms with Crippen molar-refractivity contribution in [3.8, 4) is 11.6 Å². The van der Waals surface area contributed by atoms with Crippen molar-refractivity contribution >= 4 is 31.9 Å². The Kier molecular flexibility index (Phi) is 7.20. The summed E-state index contributed by atoms with van der Waals surface area (Å²) in [5, 5.41) is 2.81. The van der Waals surface area contributed by atoms with E-state index in [1.807, 2.05) is 24.3 Å². The molecular weight excluding hydrogens is 470 g/mol. The molecule has 0 fully saturated rings. The van der Waals surface area contributed by atoms with E-state index in [2.05, 4.69) is 31.0 Å². The number of amides is 1. The monoisotopic (exact) mass is 489 g/mol. The summed E-state index contributed by atoms with van der Waals surface area (Å²) in [6, 6.07) is 17.7. The molecule has 0 radical (unpaired) electrons. The third kappa shape index (κ3) is 6.38. The van der Waals surface area contributed by atoms with Crippen molar-refractivity contribution in [2.75, 3.05) is 7.05 Å². The zero-order valence-electron chi connectivity index (χ0n) is 16.1. The summed E-state index contributed by atoms with van der Waals surface area (Å²) in [6.45, 7) is 0.315. The van der Waals surface area contributed by atoms with E-state index in [9.17, 15) is 13.2 Å². The van der Waals surface area contributed by atoms with Crippen LogP contribution >= 0.6 is 15.9 Å². The van der Waals surface area contributed by atoms with Gasteiger partial charge in [0.05, 0.1) is 11.3 Å². The number of ether oxygens (including phenoxy) is 1. The van der Waals surface area contributed by atoms with Crippen LogP contribution in [0.4, 0.5) is 0 Å². The van der Waals surface area contributed by atoms with E-state index in [1.165, 1.54) is 13.2 Å². The van der Waals surface area contributed by atoms with Crippen LogP contribution in [0.15, 0.2) is 71.3 Å². The van der Waals surface area contributed by atoms with Crippen LogP contribution in [0.25, 0.3) is 0 Å². The summed E-state index contributed by atoms with van der Waals surface area (Å²) in [4.78, 5) is 16.5. The van der Waals surface area contributed by atoms with Crippen LogP contribution in [0.3, 0.4) is 0 Å². The molecule has 0 bridgehead atoms. The summed E-state index contributed by atoms with van der Waals surface area (Å²) < 4.78 is 32.0. The predicted molar refractivity (Wildman–Crippen MR) is 118 cm³/mol. The van der Waals surface area contributed by atoms with E-state index < -0.39 is 10.0 Å². The Morgan fingerprint density at radius 3 is 2.27 bits per heavy atom. The Bertz CT molecular complexity index is 1100. The van der Waals surface area contributed by atoms with Crippen molar-refractivity contribution in [2.45, 2.75) is 12.3 Å². The quantitative estimate of drug-likeness (QED) is 0.503. The molecule has 2 N–H and O–H groups in total. The Morgan fingerprint density at radius 1 is 1.00 bits per heavy atom. The minimum Gasteiger partial charge on any atom is -0.439 e. The lowest BCUT2D eigenvalue weighted by Gasteiger charge is -2.08. The maximum Gasteiger partial charge on any atom is 0.253 e. The molecular formula is C21H20BrN3O4S. The van der Waals surface area contributed by atoms with Crippen molar-refractivity contribution in [3.05, 3.63) is 88.0 Å². The van der Waals surface area contributed by atoms with E-state index in [4.69, 9.17) is 4.74 Å². The molecule has 3 rings (SSSR count). The third-order valence-corrected chi connectivity index (χ3v) is 6.04. The zero-order chi connectivity index (χ0) is 21.6. The van der Waals surface area contributed by atoms with Gasteiger partial charge in [-0.2, -0.15) is 0 Å². The molecule has 156 valence electrons. The maximum atomic E-state index is 12.3. The van der Waals surface area contributed by atoms with Gasteiger partial charge in [0, 0.05) is 23.3 Å². The number of aromatic nitrogens is 1. The molecule has 1 heterocycles. The van der Waals surface area contributed by atoms with E-state index in [0.717, 1.165) is 10.0 Å². The van der Waals surface area contributed by atoms with Crippen LogP contribution in [0.2, 0.25) is 0 Å². The minimum absolute atomic E-state index is 0.0868. The van der Waals surface area contributed by atoms with E-state index >= 15 is 0 Å². The van der Waals surface area contributed by atoms with Crippen molar-refractivity contribution in [3.63, 3.8) is 0 Å². The number of carbonyl (C=O) groups excluding carboxylic acids is 1. The molecule has 0 aliphatic heterocycles. The number of rotatable bonds is 8. The molecule has 0 atom stereocenters. The number of hydrogen-bond donors (Lipinski definition) is 2. The van der Waals surface area contributed by atoms with Crippen molar-refractivity contribution in [1.82, 2.24) is 15.0 Å². The van der Waals surface area contributed by atoms with Crippen LogP contribution in [0.5, 0.6) is 11.6 Å². The van der Waals surface area contributed by atoms with Crippen LogP contribution < -0.4 is 14.8 Å². The van der Waals surface area contributed by atoms with Gasteiger partial charge in [-0.3, -0.25) is 4.79 Å². The van der Waals surface area contributed by atoms with Gasteiger partial charge in [0.1, 0.15) is 5.75 Å². The molecule has 0 unspecified atom stereocenters. The van der Waals surface area contributed by atoms with Crippen LogP contribution in [-0.2, 0) is 22.3 Å². The van der Waals surface area contributed by atoms with Gasteiger partial charge >= 0.3 is 0 Å². The fourth-order valence-corrected chi connectivity index (χ4v) is 3.57. The number of nitrogens with one attached hydrogen (secondary N) is 2. The molecule has 9 heteroatoms. The van der Waals surface area contributed by atoms with Crippen LogP contribution in [-0.4, -0.2) is 26.4 Å². The predicted octanol–water partition coefficient (Wildman–Crippen LogP) is 3.62. The number of halogens is 1. The summed E-state index contributed by atoms with van der Waals surface area (Å²) in [6.07, 6.45) is 1.45.